The molecule has 0 radical (unpaired) electrons. The fraction of sp³-hybridized carbons (Fsp3) is 0.364. The lowest BCUT2D eigenvalue weighted by Crippen LogP contribution is -2.11. The van der Waals surface area contributed by atoms with Crippen molar-refractivity contribution in [3.63, 3.8) is 0 Å². The fourth-order valence-electron chi connectivity index (χ4n) is 1.27. The van der Waals surface area contributed by atoms with Crippen LogP contribution in [-0.2, 0) is 9.53 Å². The van der Waals surface area contributed by atoms with E-state index < -0.39 is 4.92 Å². The van der Waals surface area contributed by atoms with Crippen molar-refractivity contribution in [3.8, 4) is 0 Å². The zero-order chi connectivity index (χ0) is 12.7. The molecule has 0 spiro atoms. The molecule has 0 heterocycles. The molecule has 0 atom stereocenters. The van der Waals surface area contributed by atoms with E-state index in [4.69, 9.17) is 4.74 Å². The zero-order valence-electron chi connectivity index (χ0n) is 9.51. The van der Waals surface area contributed by atoms with Crippen LogP contribution >= 0.6 is 0 Å². The van der Waals surface area contributed by atoms with Gasteiger partial charge in [-0.2, -0.15) is 0 Å². The molecule has 0 bridgehead atoms. The van der Waals surface area contributed by atoms with E-state index in [-0.39, 0.29) is 11.6 Å². The van der Waals surface area contributed by atoms with Gasteiger partial charge in [0.2, 0.25) is 5.91 Å². The summed E-state index contributed by atoms with van der Waals surface area (Å²) in [7, 11) is 1.58. The standard InChI is InChI=1S/C11H14N2O4/c1-17-8-2-3-11(14)12-9-4-6-10(7-5-9)13(15)16/h4-7H,2-3,8H2,1H3,(H,12,14). The molecule has 6 heteroatoms. The van der Waals surface area contributed by atoms with E-state index in [1.807, 2.05) is 0 Å². The SMILES string of the molecule is COCCCC(=O)Nc1ccc([N+](=O)[O-])cc1. The number of carbonyl (C=O) groups excluding carboxylic acids is 1. The van der Waals surface area contributed by atoms with Gasteiger partial charge in [0.25, 0.3) is 5.69 Å². The van der Waals surface area contributed by atoms with Crippen LogP contribution in [0.25, 0.3) is 0 Å². The van der Waals surface area contributed by atoms with E-state index in [2.05, 4.69) is 5.32 Å². The van der Waals surface area contributed by atoms with Crippen molar-refractivity contribution >= 4 is 17.3 Å². The maximum atomic E-state index is 11.4. The lowest BCUT2D eigenvalue weighted by molar-refractivity contribution is -0.384. The van der Waals surface area contributed by atoms with Gasteiger partial charge in [0.05, 0.1) is 4.92 Å². The molecule has 0 aliphatic carbocycles. The number of anilines is 1. The molecule has 6 nitrogen and oxygen atoms in total. The van der Waals surface area contributed by atoms with Crippen LogP contribution in [0, 0.1) is 10.1 Å². The molecule has 0 aromatic heterocycles. The highest BCUT2D eigenvalue weighted by Gasteiger charge is 2.06. The third-order valence-electron chi connectivity index (χ3n) is 2.11. The number of rotatable bonds is 6. The Morgan fingerprint density at radius 2 is 2.06 bits per heavy atom. The van der Waals surface area contributed by atoms with Crippen molar-refractivity contribution in [2.24, 2.45) is 0 Å². The van der Waals surface area contributed by atoms with Crippen LogP contribution in [0.5, 0.6) is 0 Å². The molecule has 1 amide bonds. The van der Waals surface area contributed by atoms with Crippen molar-refractivity contribution in [1.29, 1.82) is 0 Å². The Hall–Kier alpha value is -1.95. The summed E-state index contributed by atoms with van der Waals surface area (Å²) in [6, 6.07) is 5.72. The molecule has 1 rings (SSSR count). The topological polar surface area (TPSA) is 81.5 Å². The Balaban J connectivity index is 2.46. The van der Waals surface area contributed by atoms with Crippen LogP contribution in [0.4, 0.5) is 11.4 Å². The molecule has 92 valence electrons. The predicted molar refractivity (Wildman–Crippen MR) is 62.8 cm³/mol. The Morgan fingerprint density at radius 3 is 2.59 bits per heavy atom. The van der Waals surface area contributed by atoms with Gasteiger partial charge in [-0.3, -0.25) is 14.9 Å². The Morgan fingerprint density at radius 1 is 1.41 bits per heavy atom. The van der Waals surface area contributed by atoms with E-state index >= 15 is 0 Å². The molecular weight excluding hydrogens is 224 g/mol. The third kappa shape index (κ3) is 4.60. The van der Waals surface area contributed by atoms with Crippen molar-refractivity contribution < 1.29 is 14.5 Å². The lowest BCUT2D eigenvalue weighted by Gasteiger charge is -2.04. The van der Waals surface area contributed by atoms with Gasteiger partial charge in [-0.15, -0.1) is 0 Å². The summed E-state index contributed by atoms with van der Waals surface area (Å²) in [5, 5.41) is 13.1. The number of nitro benzene ring substituents is 1. The minimum atomic E-state index is -0.482. The van der Waals surface area contributed by atoms with Crippen LogP contribution in [0.3, 0.4) is 0 Å². The normalized spacial score (nSPS) is 9.94. The minimum absolute atomic E-state index is 0.00221. The average Bonchev–Trinajstić information content (AvgIpc) is 2.30. The lowest BCUT2D eigenvalue weighted by atomic mass is 10.2. The van der Waals surface area contributed by atoms with Gasteiger partial charge in [0.1, 0.15) is 0 Å². The van der Waals surface area contributed by atoms with Gasteiger partial charge in [0, 0.05) is 38.0 Å². The Kier molecular flexibility index (Phi) is 5.09. The minimum Gasteiger partial charge on any atom is -0.385 e. The second kappa shape index (κ2) is 6.59. The van der Waals surface area contributed by atoms with E-state index in [0.29, 0.717) is 25.1 Å². The van der Waals surface area contributed by atoms with Crippen LogP contribution in [0.2, 0.25) is 0 Å². The molecule has 0 aliphatic heterocycles. The van der Waals surface area contributed by atoms with Gasteiger partial charge in [-0.05, 0) is 18.6 Å². The monoisotopic (exact) mass is 238 g/mol. The first kappa shape index (κ1) is 13.1. The summed E-state index contributed by atoms with van der Waals surface area (Å²) in [4.78, 5) is 21.3. The number of benzene rings is 1. The van der Waals surface area contributed by atoms with Gasteiger partial charge < -0.3 is 10.1 Å². The number of non-ortho nitro benzene ring substituents is 1. The number of amides is 1. The predicted octanol–water partition coefficient (Wildman–Crippen LogP) is 1.96. The summed E-state index contributed by atoms with van der Waals surface area (Å²) in [6.07, 6.45) is 1.01. The van der Waals surface area contributed by atoms with Gasteiger partial charge in [-0.1, -0.05) is 0 Å². The largest absolute Gasteiger partial charge is 0.385 e. The van der Waals surface area contributed by atoms with Crippen molar-refractivity contribution in [3.05, 3.63) is 34.4 Å². The molecule has 1 aromatic rings. The highest BCUT2D eigenvalue weighted by molar-refractivity contribution is 5.90. The van der Waals surface area contributed by atoms with Crippen molar-refractivity contribution in [2.45, 2.75) is 12.8 Å². The number of nitro groups is 1. The number of hydrogen-bond acceptors (Lipinski definition) is 4. The van der Waals surface area contributed by atoms with Crippen LogP contribution in [-0.4, -0.2) is 24.5 Å². The average molecular weight is 238 g/mol. The first-order valence-electron chi connectivity index (χ1n) is 5.16. The quantitative estimate of drug-likeness (QED) is 0.466. The van der Waals surface area contributed by atoms with Crippen LogP contribution in [0.15, 0.2) is 24.3 Å². The fourth-order valence-corrected chi connectivity index (χ4v) is 1.27. The maximum Gasteiger partial charge on any atom is 0.269 e. The molecule has 0 saturated carbocycles. The first-order valence-corrected chi connectivity index (χ1v) is 5.16. The zero-order valence-corrected chi connectivity index (χ0v) is 9.51. The molecule has 0 aliphatic rings. The van der Waals surface area contributed by atoms with Crippen molar-refractivity contribution in [2.75, 3.05) is 19.0 Å². The van der Waals surface area contributed by atoms with Crippen LogP contribution in [0.1, 0.15) is 12.8 Å². The van der Waals surface area contributed by atoms with Crippen LogP contribution < -0.4 is 5.32 Å². The summed E-state index contributed by atoms with van der Waals surface area (Å²) in [6.45, 7) is 0.535. The van der Waals surface area contributed by atoms with E-state index in [9.17, 15) is 14.9 Å². The number of hydrogen-bond donors (Lipinski definition) is 1. The van der Waals surface area contributed by atoms with E-state index in [0.717, 1.165) is 0 Å². The summed E-state index contributed by atoms with van der Waals surface area (Å²) in [5.41, 5.74) is 0.556. The highest BCUT2D eigenvalue weighted by atomic mass is 16.6. The number of methoxy groups -OCH3 is 1. The molecule has 0 unspecified atom stereocenters. The maximum absolute atomic E-state index is 11.4. The molecule has 0 fully saturated rings. The number of carbonyl (C=O) groups is 1. The smallest absolute Gasteiger partial charge is 0.269 e. The first-order chi connectivity index (χ1) is 8.13. The Bertz CT molecular complexity index is 389. The number of ether oxygens (including phenoxy) is 1. The molecule has 1 N–H and O–H groups in total. The summed E-state index contributed by atoms with van der Waals surface area (Å²) in [5.74, 6) is -0.129. The second-order valence-electron chi connectivity index (χ2n) is 3.45. The number of nitrogens with one attached hydrogen (secondary N) is 1. The van der Waals surface area contributed by atoms with Crippen molar-refractivity contribution in [1.82, 2.24) is 0 Å². The van der Waals surface area contributed by atoms with E-state index in [1.165, 1.54) is 24.3 Å². The molecule has 1 aromatic carbocycles. The number of nitrogens with zero attached hydrogens (tertiary/aromatic N) is 1. The summed E-state index contributed by atoms with van der Waals surface area (Å²) < 4.78 is 4.83. The Labute approximate surface area is 98.7 Å². The van der Waals surface area contributed by atoms with Gasteiger partial charge in [0.15, 0.2) is 0 Å². The second-order valence-corrected chi connectivity index (χ2v) is 3.45. The van der Waals surface area contributed by atoms with Gasteiger partial charge in [-0.25, -0.2) is 0 Å². The third-order valence-corrected chi connectivity index (χ3v) is 2.11. The van der Waals surface area contributed by atoms with E-state index in [1.54, 1.807) is 7.11 Å². The molecular formula is C11H14N2O4. The van der Waals surface area contributed by atoms with Gasteiger partial charge >= 0.3 is 0 Å². The highest BCUT2D eigenvalue weighted by Crippen LogP contribution is 2.15. The summed E-state index contributed by atoms with van der Waals surface area (Å²) >= 11 is 0. The molecule has 17 heavy (non-hydrogen) atoms. The molecule has 0 saturated heterocycles.